The number of sulfonamides is 1. The number of ether oxygens (including phenoxy) is 4. The van der Waals surface area contributed by atoms with Crippen LogP contribution in [-0.2, 0) is 30.7 Å². The fourth-order valence-electron chi connectivity index (χ4n) is 5.75. The smallest absolute Gasteiger partial charge is 0.407 e. The molecular weight excluding hydrogens is 654 g/mol. The normalized spacial score (nSPS) is 21.9. The number of carbonyl (C=O) groups is 1. The molecule has 5 atom stereocenters. The van der Waals surface area contributed by atoms with Crippen LogP contribution >= 0.6 is 0 Å². The molecule has 3 aromatic rings. The van der Waals surface area contributed by atoms with Gasteiger partial charge in [0, 0.05) is 25.2 Å². The summed E-state index contributed by atoms with van der Waals surface area (Å²) in [6.07, 6.45) is -4.94. The molecule has 264 valence electrons. The van der Waals surface area contributed by atoms with E-state index in [1.807, 2.05) is 27.7 Å². The van der Waals surface area contributed by atoms with Gasteiger partial charge in [0.1, 0.15) is 29.9 Å². The van der Waals surface area contributed by atoms with Gasteiger partial charge in [0.15, 0.2) is 11.9 Å². The average Bonchev–Trinajstić information content (AvgIpc) is 3.70. The number of fused-ring (bicyclic) bond motifs is 2. The SMILES string of the molecule is COc1ccc(C[C@H](NC(=O)OC2CO[C@H]3OCC(F)(F)[C@@H]23)[C@H](O)CN(CC(C)C)S(=O)(=O)c2ccc3nc(NC(C)C)oc3c2)cc1. The van der Waals surface area contributed by atoms with E-state index in [2.05, 4.69) is 15.6 Å². The van der Waals surface area contributed by atoms with Gasteiger partial charge in [-0.3, -0.25) is 0 Å². The fourth-order valence-corrected chi connectivity index (χ4v) is 7.39. The summed E-state index contributed by atoms with van der Waals surface area (Å²) in [6, 6.07) is 10.4. The van der Waals surface area contributed by atoms with E-state index in [-0.39, 0.29) is 48.0 Å². The summed E-state index contributed by atoms with van der Waals surface area (Å²) in [5, 5.41) is 17.2. The lowest BCUT2D eigenvalue weighted by molar-refractivity contribution is -0.0953. The molecule has 1 aromatic heterocycles. The highest BCUT2D eigenvalue weighted by Crippen LogP contribution is 2.43. The summed E-state index contributed by atoms with van der Waals surface area (Å²) in [6.45, 7) is 6.02. The minimum atomic E-state index is -4.19. The standard InChI is InChI=1S/C32H42F2N4O9S/c1-18(2)14-38(48(41,42)22-10-11-23-26(13-22)46-30(36-23)35-19(3)4)15-25(39)24(12-20-6-8-21(43-5)9-7-20)37-31(40)47-27-16-44-29-28(27)32(33,34)17-45-29/h6-11,13,18-19,24-25,27-29,39H,12,14-17H2,1-5H3,(H,35,36)(H,37,40)/t24-,25+,27?,28-,29-/m0/s1. The lowest BCUT2D eigenvalue weighted by Crippen LogP contribution is -2.52. The predicted octanol–water partition coefficient (Wildman–Crippen LogP) is 4.01. The van der Waals surface area contributed by atoms with Crippen LogP contribution in [0.4, 0.5) is 19.6 Å². The number of anilines is 1. The van der Waals surface area contributed by atoms with Crippen molar-refractivity contribution in [2.45, 2.75) is 75.5 Å². The van der Waals surface area contributed by atoms with E-state index in [1.165, 1.54) is 19.2 Å². The quantitative estimate of drug-likeness (QED) is 0.223. The van der Waals surface area contributed by atoms with Crippen LogP contribution in [0.3, 0.4) is 0 Å². The number of hydrogen-bond donors (Lipinski definition) is 3. The third kappa shape index (κ3) is 8.17. The van der Waals surface area contributed by atoms with Crippen LogP contribution in [0.2, 0.25) is 0 Å². The zero-order valence-corrected chi connectivity index (χ0v) is 28.2. The van der Waals surface area contributed by atoms with Crippen molar-refractivity contribution >= 4 is 33.2 Å². The molecule has 0 aliphatic carbocycles. The molecule has 48 heavy (non-hydrogen) atoms. The number of halogens is 2. The Hall–Kier alpha value is -3.57. The fraction of sp³-hybridized carbons (Fsp3) is 0.562. The number of rotatable bonds is 14. The van der Waals surface area contributed by atoms with Gasteiger partial charge in [-0.25, -0.2) is 22.0 Å². The van der Waals surface area contributed by atoms with E-state index in [0.29, 0.717) is 16.8 Å². The van der Waals surface area contributed by atoms with Crippen molar-refractivity contribution in [3.05, 3.63) is 48.0 Å². The number of aromatic nitrogens is 1. The Morgan fingerprint density at radius 3 is 2.52 bits per heavy atom. The number of benzene rings is 2. The van der Waals surface area contributed by atoms with E-state index >= 15 is 0 Å². The van der Waals surface area contributed by atoms with Crippen LogP contribution in [-0.4, -0.2) is 98.8 Å². The second kappa shape index (κ2) is 14.5. The summed E-state index contributed by atoms with van der Waals surface area (Å²) in [4.78, 5) is 17.4. The molecule has 2 aliphatic rings. The molecule has 0 saturated carbocycles. The van der Waals surface area contributed by atoms with Crippen molar-refractivity contribution in [1.29, 1.82) is 0 Å². The van der Waals surface area contributed by atoms with E-state index < -0.39 is 65.6 Å². The van der Waals surface area contributed by atoms with Crippen LogP contribution in [0.15, 0.2) is 51.8 Å². The number of carbonyl (C=O) groups excluding carboxylic acids is 1. The molecule has 5 rings (SSSR count). The summed E-state index contributed by atoms with van der Waals surface area (Å²) in [5.74, 6) is -4.27. The lowest BCUT2D eigenvalue weighted by atomic mass is 9.99. The van der Waals surface area contributed by atoms with E-state index in [9.17, 15) is 27.1 Å². The molecule has 1 unspecified atom stereocenters. The van der Waals surface area contributed by atoms with Gasteiger partial charge in [0.25, 0.3) is 11.9 Å². The van der Waals surface area contributed by atoms with Gasteiger partial charge in [-0.1, -0.05) is 26.0 Å². The Kier molecular flexibility index (Phi) is 10.8. The summed E-state index contributed by atoms with van der Waals surface area (Å²) >= 11 is 0. The van der Waals surface area contributed by atoms with E-state index in [4.69, 9.17) is 23.4 Å². The van der Waals surface area contributed by atoms with E-state index in [1.54, 1.807) is 30.3 Å². The average molecular weight is 697 g/mol. The third-order valence-electron chi connectivity index (χ3n) is 8.06. The molecule has 2 saturated heterocycles. The molecule has 3 heterocycles. The maximum absolute atomic E-state index is 14.4. The topological polar surface area (TPSA) is 162 Å². The Labute approximate surface area is 277 Å². The summed E-state index contributed by atoms with van der Waals surface area (Å²) in [5.41, 5.74) is 1.41. The highest BCUT2D eigenvalue weighted by atomic mass is 32.2. The van der Waals surface area contributed by atoms with Crippen molar-refractivity contribution in [2.75, 3.05) is 38.7 Å². The highest BCUT2D eigenvalue weighted by molar-refractivity contribution is 7.89. The van der Waals surface area contributed by atoms with Gasteiger partial charge in [-0.05, 0) is 56.0 Å². The van der Waals surface area contributed by atoms with Crippen LogP contribution in [0.5, 0.6) is 5.75 Å². The molecule has 3 N–H and O–H groups in total. The van der Waals surface area contributed by atoms with E-state index in [0.717, 1.165) is 4.31 Å². The Balaban J connectivity index is 1.37. The molecule has 2 fully saturated rings. The van der Waals surface area contributed by atoms with Gasteiger partial charge < -0.3 is 39.1 Å². The van der Waals surface area contributed by atoms with Crippen LogP contribution < -0.4 is 15.4 Å². The van der Waals surface area contributed by atoms with Crippen molar-refractivity contribution in [2.24, 2.45) is 11.8 Å². The molecular formula is C32H42F2N4O9S. The number of amides is 1. The van der Waals surface area contributed by atoms with Gasteiger partial charge in [-0.2, -0.15) is 9.29 Å². The monoisotopic (exact) mass is 696 g/mol. The first-order valence-electron chi connectivity index (χ1n) is 15.7. The largest absolute Gasteiger partial charge is 0.497 e. The molecule has 0 spiro atoms. The number of oxazole rings is 1. The Morgan fingerprint density at radius 2 is 1.85 bits per heavy atom. The predicted molar refractivity (Wildman–Crippen MR) is 170 cm³/mol. The van der Waals surface area contributed by atoms with Crippen molar-refractivity contribution in [1.82, 2.24) is 14.6 Å². The molecule has 13 nitrogen and oxygen atoms in total. The van der Waals surface area contributed by atoms with Gasteiger partial charge >= 0.3 is 6.09 Å². The second-order valence-electron chi connectivity index (χ2n) is 12.8. The number of aliphatic hydroxyl groups is 1. The maximum atomic E-state index is 14.4. The molecule has 16 heteroatoms. The summed E-state index contributed by atoms with van der Waals surface area (Å²) in [7, 11) is -2.68. The number of nitrogens with zero attached hydrogens (tertiary/aromatic N) is 2. The molecule has 1 amide bonds. The number of nitrogens with one attached hydrogen (secondary N) is 2. The van der Waals surface area contributed by atoms with Crippen LogP contribution in [0, 0.1) is 11.8 Å². The van der Waals surface area contributed by atoms with Crippen molar-refractivity contribution in [3.8, 4) is 5.75 Å². The number of aliphatic hydroxyl groups excluding tert-OH is 1. The first-order chi connectivity index (χ1) is 22.7. The minimum absolute atomic E-state index is 0.0436. The van der Waals surface area contributed by atoms with Gasteiger partial charge in [0.05, 0.1) is 30.8 Å². The Morgan fingerprint density at radius 1 is 1.12 bits per heavy atom. The second-order valence-corrected chi connectivity index (χ2v) is 14.7. The molecule has 2 aromatic carbocycles. The first kappa shape index (κ1) is 35.7. The first-order valence-corrected chi connectivity index (χ1v) is 17.2. The molecule has 0 bridgehead atoms. The number of alkyl halides is 2. The van der Waals surface area contributed by atoms with Crippen LogP contribution in [0.25, 0.3) is 11.1 Å². The van der Waals surface area contributed by atoms with Gasteiger partial charge in [-0.15, -0.1) is 0 Å². The molecule has 0 radical (unpaired) electrons. The van der Waals surface area contributed by atoms with Crippen LogP contribution in [0.1, 0.15) is 33.3 Å². The highest BCUT2D eigenvalue weighted by Gasteiger charge is 2.60. The molecule has 2 aliphatic heterocycles. The van der Waals surface area contributed by atoms with Crippen molar-refractivity contribution < 1.29 is 50.5 Å². The zero-order chi connectivity index (χ0) is 34.8. The van der Waals surface area contributed by atoms with Gasteiger partial charge in [0.2, 0.25) is 10.0 Å². The zero-order valence-electron chi connectivity index (χ0n) is 27.4. The minimum Gasteiger partial charge on any atom is -0.497 e. The lowest BCUT2D eigenvalue weighted by Gasteiger charge is -2.31. The Bertz CT molecular complexity index is 1670. The number of methoxy groups -OCH3 is 1. The third-order valence-corrected chi connectivity index (χ3v) is 9.88. The van der Waals surface area contributed by atoms with Crippen molar-refractivity contribution in [3.63, 3.8) is 0 Å². The number of alkyl carbamates (subject to hydrolysis) is 1. The summed E-state index contributed by atoms with van der Waals surface area (Å²) < 4.78 is 84.6. The maximum Gasteiger partial charge on any atom is 0.407 e. The number of hydrogen-bond acceptors (Lipinski definition) is 11.